The summed E-state index contributed by atoms with van der Waals surface area (Å²) in [5.74, 6) is -1.40. The molecule has 0 aliphatic rings. The van der Waals surface area contributed by atoms with E-state index in [4.69, 9.17) is 15.3 Å². The molecule has 1 atom stereocenters. The summed E-state index contributed by atoms with van der Waals surface area (Å²) in [6.45, 7) is 1.53. The molecule has 0 aliphatic heterocycles. The third kappa shape index (κ3) is 4.29. The van der Waals surface area contributed by atoms with Gasteiger partial charge in [0.15, 0.2) is 6.29 Å². The number of carboxylic acids is 1. The van der Waals surface area contributed by atoms with Gasteiger partial charge in [-0.15, -0.1) is 0 Å². The van der Waals surface area contributed by atoms with Crippen molar-refractivity contribution in [1.29, 1.82) is 0 Å². The fourth-order valence-corrected chi connectivity index (χ4v) is 0.523. The molecule has 0 spiro atoms. The highest BCUT2D eigenvalue weighted by atomic mass is 16.5. The quantitative estimate of drug-likeness (QED) is 0.482. The molecule has 0 radical (unpaired) electrons. The Kier molecular flexibility index (Phi) is 3.99. The molecule has 4 nitrogen and oxygen atoms in total. The van der Waals surface area contributed by atoms with Gasteiger partial charge < -0.3 is 15.3 Å². The van der Waals surface area contributed by atoms with Gasteiger partial charge in [0.1, 0.15) is 0 Å². The van der Waals surface area contributed by atoms with Crippen molar-refractivity contribution in [2.75, 3.05) is 0 Å². The van der Waals surface area contributed by atoms with E-state index in [1.165, 1.54) is 6.92 Å². The molecular formula is C6H12O4. The molecule has 10 heavy (non-hydrogen) atoms. The number of aliphatic carboxylic acids is 1. The Morgan fingerprint density at radius 3 is 2.20 bits per heavy atom. The maximum absolute atomic E-state index is 10.1. The van der Waals surface area contributed by atoms with Crippen molar-refractivity contribution in [3.63, 3.8) is 0 Å². The van der Waals surface area contributed by atoms with Crippen LogP contribution in [-0.2, 0) is 4.79 Å². The van der Waals surface area contributed by atoms with Gasteiger partial charge >= 0.3 is 5.97 Å². The highest BCUT2D eigenvalue weighted by molar-refractivity contribution is 5.69. The van der Waals surface area contributed by atoms with Gasteiger partial charge in [-0.05, 0) is 12.8 Å². The fourth-order valence-electron chi connectivity index (χ4n) is 0.523. The highest BCUT2D eigenvalue weighted by Crippen LogP contribution is 2.06. The first-order valence-corrected chi connectivity index (χ1v) is 3.13. The van der Waals surface area contributed by atoms with E-state index < -0.39 is 18.2 Å². The first-order valence-electron chi connectivity index (χ1n) is 3.13. The topological polar surface area (TPSA) is 77.8 Å². The normalized spacial score (nSPS) is 13.6. The average Bonchev–Trinajstić information content (AvgIpc) is 1.82. The van der Waals surface area contributed by atoms with E-state index in [-0.39, 0.29) is 6.42 Å². The Bertz CT molecular complexity index is 110. The molecule has 4 heteroatoms. The van der Waals surface area contributed by atoms with Crippen LogP contribution in [0.4, 0.5) is 0 Å². The summed E-state index contributed by atoms with van der Waals surface area (Å²) in [6, 6.07) is 0. The molecule has 0 rings (SSSR count). The van der Waals surface area contributed by atoms with E-state index in [1.807, 2.05) is 0 Å². The molecule has 0 unspecified atom stereocenters. The van der Waals surface area contributed by atoms with E-state index in [0.29, 0.717) is 6.42 Å². The molecular weight excluding hydrogens is 136 g/mol. The zero-order valence-corrected chi connectivity index (χ0v) is 5.82. The van der Waals surface area contributed by atoms with Crippen LogP contribution in [0.3, 0.4) is 0 Å². The van der Waals surface area contributed by atoms with E-state index >= 15 is 0 Å². The van der Waals surface area contributed by atoms with Crippen molar-refractivity contribution in [3.8, 4) is 0 Å². The second-order valence-corrected chi connectivity index (χ2v) is 2.30. The van der Waals surface area contributed by atoms with Crippen LogP contribution in [0, 0.1) is 5.92 Å². The number of carboxylic acid groups (broad SMARTS) is 1. The van der Waals surface area contributed by atoms with Crippen LogP contribution in [0.25, 0.3) is 0 Å². The Labute approximate surface area is 59.1 Å². The van der Waals surface area contributed by atoms with E-state index in [9.17, 15) is 4.79 Å². The maximum Gasteiger partial charge on any atom is 0.306 e. The molecule has 0 saturated carbocycles. The van der Waals surface area contributed by atoms with Gasteiger partial charge in [-0.3, -0.25) is 4.79 Å². The lowest BCUT2D eigenvalue weighted by Gasteiger charge is -2.05. The van der Waals surface area contributed by atoms with Crippen LogP contribution in [-0.4, -0.2) is 27.6 Å². The van der Waals surface area contributed by atoms with Gasteiger partial charge in [0, 0.05) is 0 Å². The zero-order valence-electron chi connectivity index (χ0n) is 5.82. The number of aliphatic hydroxyl groups excluding tert-OH is 1. The molecule has 0 heterocycles. The lowest BCUT2D eigenvalue weighted by atomic mass is 10.1. The number of aliphatic hydroxyl groups is 2. The van der Waals surface area contributed by atoms with Crippen LogP contribution >= 0.6 is 0 Å². The molecule has 3 N–H and O–H groups in total. The summed E-state index contributed by atoms with van der Waals surface area (Å²) in [4.78, 5) is 10.1. The van der Waals surface area contributed by atoms with Gasteiger partial charge in [-0.2, -0.15) is 0 Å². The molecule has 0 saturated heterocycles. The van der Waals surface area contributed by atoms with Crippen LogP contribution in [0.15, 0.2) is 0 Å². The Morgan fingerprint density at radius 2 is 1.90 bits per heavy atom. The molecule has 0 fully saturated rings. The number of hydrogen-bond acceptors (Lipinski definition) is 3. The second-order valence-electron chi connectivity index (χ2n) is 2.30. The smallest absolute Gasteiger partial charge is 0.306 e. The first-order chi connectivity index (χ1) is 4.54. The van der Waals surface area contributed by atoms with Crippen LogP contribution in [0.2, 0.25) is 0 Å². The van der Waals surface area contributed by atoms with Crippen molar-refractivity contribution in [1.82, 2.24) is 0 Å². The second kappa shape index (κ2) is 4.24. The minimum absolute atomic E-state index is 0.119. The minimum Gasteiger partial charge on any atom is -0.481 e. The fraction of sp³-hybridized carbons (Fsp3) is 0.833. The van der Waals surface area contributed by atoms with Gasteiger partial charge in [-0.25, -0.2) is 0 Å². The summed E-state index contributed by atoms with van der Waals surface area (Å²) >= 11 is 0. The van der Waals surface area contributed by atoms with Gasteiger partial charge in [-0.1, -0.05) is 6.92 Å². The zero-order chi connectivity index (χ0) is 8.15. The predicted octanol–water partition coefficient (Wildman–Crippen LogP) is -0.202. The van der Waals surface area contributed by atoms with Crippen molar-refractivity contribution in [2.45, 2.75) is 26.1 Å². The maximum atomic E-state index is 10.1. The number of hydrogen-bond donors (Lipinski definition) is 3. The summed E-state index contributed by atoms with van der Waals surface area (Å²) in [5.41, 5.74) is 0. The van der Waals surface area contributed by atoms with Crippen molar-refractivity contribution in [3.05, 3.63) is 0 Å². The van der Waals surface area contributed by atoms with Crippen LogP contribution < -0.4 is 0 Å². The molecule has 0 bridgehead atoms. The standard InChI is InChI=1S/C6H12O4/c1-4(6(9)10)2-3-5(7)8/h4-5,7-8H,2-3H2,1H3,(H,9,10)/t4-/m1/s1. The highest BCUT2D eigenvalue weighted by Gasteiger charge is 2.11. The van der Waals surface area contributed by atoms with Gasteiger partial charge in [0.25, 0.3) is 0 Å². The number of rotatable bonds is 4. The third-order valence-electron chi connectivity index (χ3n) is 1.28. The molecule has 0 amide bonds. The lowest BCUT2D eigenvalue weighted by Crippen LogP contribution is -2.13. The van der Waals surface area contributed by atoms with Crippen molar-refractivity contribution in [2.24, 2.45) is 5.92 Å². The monoisotopic (exact) mass is 148 g/mol. The predicted molar refractivity (Wildman–Crippen MR) is 34.3 cm³/mol. The molecule has 0 aromatic rings. The third-order valence-corrected chi connectivity index (χ3v) is 1.28. The summed E-state index contributed by atoms with van der Waals surface area (Å²) in [7, 11) is 0. The van der Waals surface area contributed by atoms with Crippen LogP contribution in [0.5, 0.6) is 0 Å². The minimum atomic E-state index is -1.39. The van der Waals surface area contributed by atoms with Crippen molar-refractivity contribution < 1.29 is 20.1 Å². The molecule has 0 aromatic heterocycles. The van der Waals surface area contributed by atoms with Gasteiger partial charge in [0.2, 0.25) is 0 Å². The van der Waals surface area contributed by atoms with E-state index in [2.05, 4.69) is 0 Å². The molecule has 60 valence electrons. The number of carbonyl (C=O) groups is 1. The largest absolute Gasteiger partial charge is 0.481 e. The van der Waals surface area contributed by atoms with Gasteiger partial charge in [0.05, 0.1) is 5.92 Å². The Morgan fingerprint density at radius 1 is 1.40 bits per heavy atom. The van der Waals surface area contributed by atoms with E-state index in [1.54, 1.807) is 0 Å². The summed E-state index contributed by atoms with van der Waals surface area (Å²) in [6.07, 6.45) is -0.970. The Hall–Kier alpha value is -0.610. The molecule has 0 aliphatic carbocycles. The average molecular weight is 148 g/mol. The Balaban J connectivity index is 3.40. The summed E-state index contributed by atoms with van der Waals surface area (Å²) < 4.78 is 0. The summed E-state index contributed by atoms with van der Waals surface area (Å²) in [5, 5.41) is 25.0. The molecule has 0 aromatic carbocycles. The van der Waals surface area contributed by atoms with Crippen molar-refractivity contribution >= 4 is 5.97 Å². The van der Waals surface area contributed by atoms with Crippen LogP contribution in [0.1, 0.15) is 19.8 Å². The SMILES string of the molecule is C[C@H](CCC(O)O)C(=O)O. The first kappa shape index (κ1) is 9.39. The lowest BCUT2D eigenvalue weighted by molar-refractivity contribution is -0.141. The van der Waals surface area contributed by atoms with E-state index in [0.717, 1.165) is 0 Å².